The van der Waals surface area contributed by atoms with Gasteiger partial charge in [0.25, 0.3) is 0 Å². The molecule has 1 amide bonds. The van der Waals surface area contributed by atoms with Gasteiger partial charge in [-0.2, -0.15) is 0 Å². The molecule has 0 radical (unpaired) electrons. The molecule has 3 heterocycles. The number of ether oxygens (including phenoxy) is 1. The summed E-state index contributed by atoms with van der Waals surface area (Å²) in [4.78, 5) is 24.2. The van der Waals surface area contributed by atoms with Crippen molar-refractivity contribution in [2.75, 3.05) is 6.61 Å². The second-order valence-electron chi connectivity index (χ2n) is 6.15. The first-order chi connectivity index (χ1) is 12.8. The van der Waals surface area contributed by atoms with Crippen molar-refractivity contribution in [3.63, 3.8) is 0 Å². The average Bonchev–Trinajstić information content (AvgIpc) is 3.02. The lowest BCUT2D eigenvalue weighted by Crippen LogP contribution is -2.40. The van der Waals surface area contributed by atoms with Gasteiger partial charge in [0, 0.05) is 12.6 Å². The van der Waals surface area contributed by atoms with Crippen molar-refractivity contribution in [2.45, 2.75) is 31.3 Å². The zero-order valence-electron chi connectivity index (χ0n) is 13.7. The van der Waals surface area contributed by atoms with Gasteiger partial charge in [0.2, 0.25) is 11.7 Å². The molecular formula is C16H14F2NO7P. The van der Waals surface area contributed by atoms with E-state index in [4.69, 9.17) is 18.3 Å². The van der Waals surface area contributed by atoms with Crippen LogP contribution < -0.4 is 4.52 Å². The summed E-state index contributed by atoms with van der Waals surface area (Å²) in [6.07, 6.45) is -2.11. The topological polar surface area (TPSA) is 91.4 Å². The normalized spacial score (nSPS) is 33.6. The molecule has 0 aliphatic carbocycles. The standard InChI is InChI=1S/C16H14F2NO7P/c17-9-3-1-2-4-12(9)25-27(22)23-8-14-13(26-27)6-16(24-14)19-7-10(18)11(20)5-15(19)21/h1-4,7,13-14,16H,5-6,8H2/t13-,14+,16+,27?/m0/s1. The molecule has 8 nitrogen and oxygen atoms in total. The summed E-state index contributed by atoms with van der Waals surface area (Å²) in [5.41, 5.74) is 0. The maximum Gasteiger partial charge on any atom is 0.530 e. The summed E-state index contributed by atoms with van der Waals surface area (Å²) >= 11 is 0. The molecule has 11 heteroatoms. The van der Waals surface area contributed by atoms with E-state index in [1.54, 1.807) is 0 Å². The van der Waals surface area contributed by atoms with Crippen molar-refractivity contribution in [3.8, 4) is 5.75 Å². The lowest BCUT2D eigenvalue weighted by Gasteiger charge is -2.29. The fraction of sp³-hybridized carbons (Fsp3) is 0.375. The minimum atomic E-state index is -4.10. The molecule has 0 N–H and O–H groups in total. The Morgan fingerprint density at radius 1 is 1.19 bits per heavy atom. The van der Waals surface area contributed by atoms with Crippen LogP contribution in [0.4, 0.5) is 8.78 Å². The molecule has 1 unspecified atom stereocenters. The SMILES string of the molecule is O=C1CC(=O)N([C@H]2C[C@@H]3OP(=O)(Oc4ccccc4F)OC[C@H]3O2)C=C1F. The Kier molecular flexibility index (Phi) is 4.59. The first-order valence-electron chi connectivity index (χ1n) is 8.09. The van der Waals surface area contributed by atoms with Gasteiger partial charge in [0.05, 0.1) is 13.0 Å². The van der Waals surface area contributed by atoms with E-state index in [2.05, 4.69) is 0 Å². The number of amides is 1. The van der Waals surface area contributed by atoms with E-state index < -0.39 is 56.0 Å². The zero-order chi connectivity index (χ0) is 19.2. The number of ketones is 1. The van der Waals surface area contributed by atoms with Crippen molar-refractivity contribution >= 4 is 19.5 Å². The Morgan fingerprint density at radius 3 is 2.74 bits per heavy atom. The summed E-state index contributed by atoms with van der Waals surface area (Å²) in [6, 6.07) is 5.35. The molecule has 3 aliphatic rings. The molecule has 144 valence electrons. The maximum absolute atomic E-state index is 13.7. The largest absolute Gasteiger partial charge is 0.530 e. The molecule has 3 aliphatic heterocycles. The van der Waals surface area contributed by atoms with Crippen LogP contribution in [0.2, 0.25) is 0 Å². The molecule has 0 aromatic heterocycles. The van der Waals surface area contributed by atoms with Crippen LogP contribution in [0.25, 0.3) is 0 Å². The highest BCUT2D eigenvalue weighted by atomic mass is 31.2. The molecule has 0 spiro atoms. The number of fused-ring (bicyclic) bond motifs is 1. The Bertz CT molecular complexity index is 876. The van der Waals surface area contributed by atoms with Crippen LogP contribution in [0, 0.1) is 5.82 Å². The van der Waals surface area contributed by atoms with Gasteiger partial charge in [-0.15, -0.1) is 0 Å². The van der Waals surface area contributed by atoms with Gasteiger partial charge in [0.15, 0.2) is 17.4 Å². The minimum Gasteiger partial charge on any atom is -0.401 e. The highest BCUT2D eigenvalue weighted by Crippen LogP contribution is 2.56. The minimum absolute atomic E-state index is 0.0579. The highest BCUT2D eigenvalue weighted by Gasteiger charge is 2.50. The maximum atomic E-state index is 13.7. The second kappa shape index (κ2) is 6.79. The average molecular weight is 401 g/mol. The van der Waals surface area contributed by atoms with E-state index in [9.17, 15) is 22.9 Å². The predicted molar refractivity (Wildman–Crippen MR) is 84.4 cm³/mol. The molecular weight excluding hydrogens is 387 g/mol. The van der Waals surface area contributed by atoms with Crippen LogP contribution in [-0.2, 0) is 27.9 Å². The van der Waals surface area contributed by atoms with Gasteiger partial charge >= 0.3 is 7.82 Å². The summed E-state index contributed by atoms with van der Waals surface area (Å²) < 4.78 is 61.1. The lowest BCUT2D eigenvalue weighted by atomic mass is 10.1. The number of carbonyl (C=O) groups excluding carboxylic acids is 2. The third-order valence-corrected chi connectivity index (χ3v) is 5.73. The van der Waals surface area contributed by atoms with Gasteiger partial charge in [-0.3, -0.25) is 23.5 Å². The van der Waals surface area contributed by atoms with Crippen molar-refractivity contribution in [1.29, 1.82) is 0 Å². The van der Waals surface area contributed by atoms with E-state index in [1.165, 1.54) is 18.2 Å². The Balaban J connectivity index is 1.47. The fourth-order valence-electron chi connectivity index (χ4n) is 3.00. The van der Waals surface area contributed by atoms with Crippen LogP contribution in [0.3, 0.4) is 0 Å². The van der Waals surface area contributed by atoms with Crippen molar-refractivity contribution < 1.29 is 41.2 Å². The van der Waals surface area contributed by atoms with Gasteiger partial charge in [-0.05, 0) is 12.1 Å². The van der Waals surface area contributed by atoms with Gasteiger partial charge in [0.1, 0.15) is 18.4 Å². The smallest absolute Gasteiger partial charge is 0.401 e. The van der Waals surface area contributed by atoms with E-state index in [-0.39, 0.29) is 18.8 Å². The number of benzene rings is 1. The molecule has 2 fully saturated rings. The molecule has 0 saturated carbocycles. The lowest BCUT2D eigenvalue weighted by molar-refractivity contribution is -0.145. The molecule has 1 aromatic carbocycles. The first kappa shape index (κ1) is 18.2. The Morgan fingerprint density at radius 2 is 1.96 bits per heavy atom. The predicted octanol–water partition coefficient (Wildman–Crippen LogP) is 2.46. The van der Waals surface area contributed by atoms with E-state index in [1.807, 2.05) is 0 Å². The Labute approximate surface area is 152 Å². The van der Waals surface area contributed by atoms with Gasteiger partial charge in [-0.25, -0.2) is 13.3 Å². The van der Waals surface area contributed by atoms with E-state index in [0.29, 0.717) is 0 Å². The van der Waals surface area contributed by atoms with Crippen LogP contribution in [0.1, 0.15) is 12.8 Å². The van der Waals surface area contributed by atoms with Crippen LogP contribution in [-0.4, -0.2) is 41.6 Å². The van der Waals surface area contributed by atoms with E-state index in [0.717, 1.165) is 17.2 Å². The van der Waals surface area contributed by atoms with Crippen molar-refractivity contribution in [2.24, 2.45) is 0 Å². The number of phosphoric acid groups is 1. The number of rotatable bonds is 3. The molecule has 4 rings (SSSR count). The summed E-state index contributed by atoms with van der Waals surface area (Å²) in [5.74, 6) is -3.57. The number of allylic oxidation sites excluding steroid dienone is 1. The second-order valence-corrected chi connectivity index (χ2v) is 7.70. The quantitative estimate of drug-likeness (QED) is 0.568. The summed E-state index contributed by atoms with van der Waals surface area (Å²) in [6.45, 7) is -0.181. The van der Waals surface area contributed by atoms with Gasteiger partial charge in [-0.1, -0.05) is 12.1 Å². The number of Topliss-reactive ketones (excluding diaryl/α,β-unsaturated/α-hetero) is 1. The monoisotopic (exact) mass is 401 g/mol. The van der Waals surface area contributed by atoms with Crippen LogP contribution >= 0.6 is 7.82 Å². The molecule has 27 heavy (non-hydrogen) atoms. The van der Waals surface area contributed by atoms with Crippen molar-refractivity contribution in [1.82, 2.24) is 4.90 Å². The van der Waals surface area contributed by atoms with E-state index >= 15 is 0 Å². The third kappa shape index (κ3) is 3.53. The molecule has 0 bridgehead atoms. The van der Waals surface area contributed by atoms with Gasteiger partial charge < -0.3 is 9.26 Å². The number of hydrogen-bond donors (Lipinski definition) is 0. The number of halogens is 2. The fourth-order valence-corrected chi connectivity index (χ4v) is 4.43. The third-order valence-electron chi connectivity index (χ3n) is 4.32. The van der Waals surface area contributed by atoms with Crippen LogP contribution in [0.15, 0.2) is 36.3 Å². The number of nitrogens with zero attached hydrogens (tertiary/aromatic N) is 1. The molecule has 4 atom stereocenters. The number of phosphoric ester groups is 1. The summed E-state index contributed by atoms with van der Waals surface area (Å²) in [5, 5.41) is 0. The zero-order valence-corrected chi connectivity index (χ0v) is 14.6. The Hall–Kier alpha value is -2.13. The highest BCUT2D eigenvalue weighted by molar-refractivity contribution is 7.49. The number of carbonyl (C=O) groups is 2. The van der Waals surface area contributed by atoms with Crippen molar-refractivity contribution in [3.05, 3.63) is 42.1 Å². The number of hydrogen-bond acceptors (Lipinski definition) is 7. The number of para-hydroxylation sites is 1. The molecule has 2 saturated heterocycles. The summed E-state index contributed by atoms with van der Waals surface area (Å²) in [7, 11) is -4.10. The first-order valence-corrected chi connectivity index (χ1v) is 9.55. The van der Waals surface area contributed by atoms with Crippen LogP contribution in [0.5, 0.6) is 5.75 Å². The molecule has 1 aromatic rings.